The summed E-state index contributed by atoms with van der Waals surface area (Å²) in [5.74, 6) is 0. The van der Waals surface area contributed by atoms with Gasteiger partial charge in [0.25, 0.3) is 0 Å². The van der Waals surface area contributed by atoms with Crippen LogP contribution < -0.4 is 4.90 Å². The third kappa shape index (κ3) is 2.95. The lowest BCUT2D eigenvalue weighted by molar-refractivity contribution is 1.22. The van der Waals surface area contributed by atoms with Crippen LogP contribution in [0.2, 0.25) is 0 Å². The van der Waals surface area contributed by atoms with Crippen LogP contribution in [-0.4, -0.2) is 0 Å². The molecule has 3 rings (SSSR count). The monoisotopic (exact) mass is 298 g/mol. The van der Waals surface area contributed by atoms with E-state index < -0.39 is 0 Å². The Balaban J connectivity index is 2.25. The molecule has 0 spiro atoms. The second kappa shape index (κ2) is 6.37. The van der Waals surface area contributed by atoms with Crippen molar-refractivity contribution in [1.29, 1.82) is 5.26 Å². The van der Waals surface area contributed by atoms with Crippen molar-refractivity contribution in [2.24, 2.45) is 0 Å². The topological polar surface area (TPSA) is 27.0 Å². The van der Waals surface area contributed by atoms with Crippen LogP contribution in [0.3, 0.4) is 0 Å². The molecule has 2 nitrogen and oxygen atoms in total. The van der Waals surface area contributed by atoms with Gasteiger partial charge in [0, 0.05) is 17.1 Å². The molecule has 0 heterocycles. The van der Waals surface area contributed by atoms with Crippen molar-refractivity contribution >= 4 is 17.1 Å². The molecule has 0 aliphatic heterocycles. The summed E-state index contributed by atoms with van der Waals surface area (Å²) < 4.78 is 0. The zero-order valence-electron chi connectivity index (χ0n) is 13.3. The molecule has 3 aromatic carbocycles. The number of para-hydroxylation sites is 2. The van der Waals surface area contributed by atoms with Gasteiger partial charge in [-0.2, -0.15) is 5.26 Å². The minimum Gasteiger partial charge on any atom is -0.310 e. The number of nitriles is 1. The summed E-state index contributed by atoms with van der Waals surface area (Å²) in [5.41, 5.74) is 6.28. The molecule has 0 aliphatic carbocycles. The first-order valence-electron chi connectivity index (χ1n) is 7.62. The average Bonchev–Trinajstić information content (AvgIpc) is 2.59. The van der Waals surface area contributed by atoms with Crippen molar-refractivity contribution in [3.05, 3.63) is 89.5 Å². The van der Waals surface area contributed by atoms with Gasteiger partial charge in [0.1, 0.15) is 0 Å². The SMILES string of the molecule is Cc1ccccc1N(c1cccc(C#N)c1)c1ccccc1C. The lowest BCUT2D eigenvalue weighted by Gasteiger charge is -2.28. The zero-order valence-corrected chi connectivity index (χ0v) is 13.3. The number of nitrogens with zero attached hydrogens (tertiary/aromatic N) is 2. The highest BCUT2D eigenvalue weighted by molar-refractivity contribution is 5.80. The van der Waals surface area contributed by atoms with Crippen LogP contribution in [0, 0.1) is 25.2 Å². The first-order valence-corrected chi connectivity index (χ1v) is 7.62. The van der Waals surface area contributed by atoms with Crippen molar-refractivity contribution in [3.63, 3.8) is 0 Å². The van der Waals surface area contributed by atoms with Gasteiger partial charge in [0.05, 0.1) is 11.6 Å². The standard InChI is InChI=1S/C21H18N2/c1-16-8-3-5-12-20(16)23(21-13-6-4-9-17(21)2)19-11-7-10-18(14-19)15-22/h3-14H,1-2H3. The molecule has 0 saturated heterocycles. The number of anilines is 3. The maximum Gasteiger partial charge on any atom is 0.0992 e. The fraction of sp³-hybridized carbons (Fsp3) is 0.0952. The van der Waals surface area contributed by atoms with E-state index in [2.05, 4.69) is 49.1 Å². The second-order valence-corrected chi connectivity index (χ2v) is 5.57. The summed E-state index contributed by atoms with van der Waals surface area (Å²) >= 11 is 0. The maximum absolute atomic E-state index is 9.23. The molecule has 3 aromatic rings. The molecule has 0 atom stereocenters. The molecule has 0 fully saturated rings. The Hall–Kier alpha value is -3.05. The van der Waals surface area contributed by atoms with E-state index in [1.54, 1.807) is 0 Å². The zero-order chi connectivity index (χ0) is 16.2. The van der Waals surface area contributed by atoms with E-state index >= 15 is 0 Å². The van der Waals surface area contributed by atoms with Gasteiger partial charge in [-0.3, -0.25) is 0 Å². The van der Waals surface area contributed by atoms with Crippen molar-refractivity contribution in [1.82, 2.24) is 0 Å². The number of hydrogen-bond acceptors (Lipinski definition) is 2. The van der Waals surface area contributed by atoms with Gasteiger partial charge in [-0.15, -0.1) is 0 Å². The number of rotatable bonds is 3. The van der Waals surface area contributed by atoms with E-state index in [9.17, 15) is 5.26 Å². The second-order valence-electron chi connectivity index (χ2n) is 5.57. The third-order valence-electron chi connectivity index (χ3n) is 3.95. The van der Waals surface area contributed by atoms with Gasteiger partial charge in [-0.25, -0.2) is 0 Å². The lowest BCUT2D eigenvalue weighted by atomic mass is 10.1. The Morgan fingerprint density at radius 2 is 1.30 bits per heavy atom. The van der Waals surface area contributed by atoms with E-state index in [0.717, 1.165) is 17.1 Å². The Labute approximate surface area is 137 Å². The maximum atomic E-state index is 9.23. The average molecular weight is 298 g/mol. The van der Waals surface area contributed by atoms with Crippen LogP contribution >= 0.6 is 0 Å². The first kappa shape index (κ1) is 14.9. The summed E-state index contributed by atoms with van der Waals surface area (Å²) in [7, 11) is 0. The van der Waals surface area contributed by atoms with Crippen LogP contribution in [0.5, 0.6) is 0 Å². The van der Waals surface area contributed by atoms with E-state index in [-0.39, 0.29) is 0 Å². The minimum atomic E-state index is 0.662. The Morgan fingerprint density at radius 3 is 1.83 bits per heavy atom. The van der Waals surface area contributed by atoms with Crippen molar-refractivity contribution < 1.29 is 0 Å². The highest BCUT2D eigenvalue weighted by atomic mass is 15.1. The van der Waals surface area contributed by atoms with Crippen LogP contribution in [-0.2, 0) is 0 Å². The van der Waals surface area contributed by atoms with E-state index in [4.69, 9.17) is 0 Å². The molecule has 0 unspecified atom stereocenters. The van der Waals surface area contributed by atoms with Crippen LogP contribution in [0.15, 0.2) is 72.8 Å². The molecular formula is C21H18N2. The molecule has 0 N–H and O–H groups in total. The predicted octanol–water partition coefficient (Wildman–Crippen LogP) is 5.64. The fourth-order valence-corrected chi connectivity index (χ4v) is 2.75. The predicted molar refractivity (Wildman–Crippen MR) is 95.3 cm³/mol. The molecule has 0 bridgehead atoms. The summed E-state index contributed by atoms with van der Waals surface area (Å²) in [6.07, 6.45) is 0. The van der Waals surface area contributed by atoms with E-state index in [0.29, 0.717) is 5.56 Å². The normalized spacial score (nSPS) is 10.1. The van der Waals surface area contributed by atoms with Crippen LogP contribution in [0.1, 0.15) is 16.7 Å². The van der Waals surface area contributed by atoms with Crippen LogP contribution in [0.25, 0.3) is 0 Å². The van der Waals surface area contributed by atoms with Gasteiger partial charge < -0.3 is 4.90 Å². The number of hydrogen-bond donors (Lipinski definition) is 0. The molecule has 23 heavy (non-hydrogen) atoms. The Morgan fingerprint density at radius 1 is 0.739 bits per heavy atom. The minimum absolute atomic E-state index is 0.662. The molecular weight excluding hydrogens is 280 g/mol. The van der Waals surface area contributed by atoms with Crippen molar-refractivity contribution in [3.8, 4) is 6.07 Å². The summed E-state index contributed by atoms with van der Waals surface area (Å²) in [4.78, 5) is 2.21. The first-order chi connectivity index (χ1) is 11.2. The smallest absolute Gasteiger partial charge is 0.0992 e. The summed E-state index contributed by atoms with van der Waals surface area (Å²) in [6, 6.07) is 26.6. The molecule has 0 amide bonds. The molecule has 2 heteroatoms. The quantitative estimate of drug-likeness (QED) is 0.625. The summed E-state index contributed by atoms with van der Waals surface area (Å²) in [5, 5.41) is 9.23. The Bertz CT molecular complexity index is 829. The number of benzene rings is 3. The molecule has 0 aliphatic rings. The highest BCUT2D eigenvalue weighted by Crippen LogP contribution is 2.38. The van der Waals surface area contributed by atoms with Gasteiger partial charge >= 0.3 is 0 Å². The van der Waals surface area contributed by atoms with Crippen LogP contribution in [0.4, 0.5) is 17.1 Å². The molecule has 0 radical (unpaired) electrons. The third-order valence-corrected chi connectivity index (χ3v) is 3.95. The van der Waals surface area contributed by atoms with Crippen molar-refractivity contribution in [2.45, 2.75) is 13.8 Å². The van der Waals surface area contributed by atoms with E-state index in [1.807, 2.05) is 48.5 Å². The summed E-state index contributed by atoms with van der Waals surface area (Å²) in [6.45, 7) is 4.21. The van der Waals surface area contributed by atoms with E-state index in [1.165, 1.54) is 11.1 Å². The van der Waals surface area contributed by atoms with Gasteiger partial charge in [0.15, 0.2) is 0 Å². The molecule has 0 aromatic heterocycles. The number of aryl methyl sites for hydroxylation is 2. The Kier molecular flexibility index (Phi) is 4.12. The fourth-order valence-electron chi connectivity index (χ4n) is 2.75. The molecule has 0 saturated carbocycles. The van der Waals surface area contributed by atoms with Crippen molar-refractivity contribution in [2.75, 3.05) is 4.90 Å². The van der Waals surface area contributed by atoms with Gasteiger partial charge in [0.2, 0.25) is 0 Å². The van der Waals surface area contributed by atoms with Gasteiger partial charge in [-0.05, 0) is 55.3 Å². The largest absolute Gasteiger partial charge is 0.310 e. The van der Waals surface area contributed by atoms with Gasteiger partial charge in [-0.1, -0.05) is 42.5 Å². The highest BCUT2D eigenvalue weighted by Gasteiger charge is 2.16. The lowest BCUT2D eigenvalue weighted by Crippen LogP contribution is -2.12. The molecule has 112 valence electrons.